The average Bonchev–Trinajstić information content (AvgIpc) is 3.73. The van der Waals surface area contributed by atoms with Gasteiger partial charge in [0, 0.05) is 24.2 Å². The van der Waals surface area contributed by atoms with Crippen LogP contribution < -0.4 is 25.7 Å². The van der Waals surface area contributed by atoms with Crippen molar-refractivity contribution in [1.29, 1.82) is 0 Å². The molecule has 1 atom stereocenters. The predicted molar refractivity (Wildman–Crippen MR) is 163 cm³/mol. The van der Waals surface area contributed by atoms with E-state index in [2.05, 4.69) is 10.6 Å². The summed E-state index contributed by atoms with van der Waals surface area (Å²) in [5, 5.41) is 6.55. The number of anilines is 1. The van der Waals surface area contributed by atoms with E-state index in [4.69, 9.17) is 18.9 Å². The number of rotatable bonds is 10. The third-order valence-corrected chi connectivity index (χ3v) is 9.41. The number of furan rings is 1. The highest BCUT2D eigenvalue weighted by Crippen LogP contribution is 2.35. The van der Waals surface area contributed by atoms with E-state index in [9.17, 15) is 14.4 Å². The Morgan fingerprint density at radius 3 is 2.65 bits per heavy atom. The lowest BCUT2D eigenvalue weighted by atomic mass is 9.81. The third-order valence-electron chi connectivity index (χ3n) is 8.05. The lowest BCUT2D eigenvalue weighted by Crippen LogP contribution is -2.34. The molecule has 1 aliphatic carbocycles. The zero-order valence-electron chi connectivity index (χ0n) is 23.9. The fourth-order valence-electron chi connectivity index (χ4n) is 5.64. The molecule has 2 aliphatic rings. The van der Waals surface area contributed by atoms with Crippen molar-refractivity contribution < 1.29 is 23.5 Å². The molecule has 3 heterocycles. The Balaban J connectivity index is 1.15. The topological polar surface area (TPSA) is 125 Å². The molecule has 1 unspecified atom stereocenters. The van der Waals surface area contributed by atoms with E-state index < -0.39 is 5.25 Å². The van der Waals surface area contributed by atoms with Crippen LogP contribution in [-0.4, -0.2) is 33.4 Å². The Labute approximate surface area is 253 Å². The molecule has 2 aromatic heterocycles. The minimum Gasteiger partial charge on any atom is -0.467 e. The van der Waals surface area contributed by atoms with E-state index in [1.807, 2.05) is 31.2 Å². The van der Waals surface area contributed by atoms with Gasteiger partial charge in [0.2, 0.25) is 18.6 Å². The Morgan fingerprint density at radius 1 is 1.05 bits per heavy atom. The second-order valence-corrected chi connectivity index (χ2v) is 12.1. The maximum atomic E-state index is 13.7. The number of nitrogens with one attached hydrogen (secondary N) is 2. The lowest BCUT2D eigenvalue weighted by Gasteiger charge is -2.29. The Kier molecular flexibility index (Phi) is 8.69. The molecule has 0 saturated heterocycles. The van der Waals surface area contributed by atoms with Gasteiger partial charge in [-0.3, -0.25) is 19.0 Å². The Morgan fingerprint density at radius 2 is 1.86 bits per heavy atom. The monoisotopic (exact) mass is 602 g/mol. The number of thioether (sulfide) groups is 1. The van der Waals surface area contributed by atoms with Gasteiger partial charge in [0.25, 0.3) is 5.56 Å². The number of para-hydroxylation sites is 1. The molecule has 1 fully saturated rings. The van der Waals surface area contributed by atoms with Gasteiger partial charge in [-0.25, -0.2) is 4.98 Å². The molecule has 2 N–H and O–H groups in total. The molecule has 43 heavy (non-hydrogen) atoms. The van der Waals surface area contributed by atoms with Crippen LogP contribution in [0.1, 0.15) is 44.8 Å². The summed E-state index contributed by atoms with van der Waals surface area (Å²) in [4.78, 5) is 44.7. The van der Waals surface area contributed by atoms with E-state index in [1.54, 1.807) is 41.2 Å². The van der Waals surface area contributed by atoms with Crippen molar-refractivity contribution in [3.63, 3.8) is 0 Å². The van der Waals surface area contributed by atoms with E-state index in [0.717, 1.165) is 31.4 Å². The van der Waals surface area contributed by atoms with E-state index in [-0.39, 0.29) is 36.0 Å². The summed E-state index contributed by atoms with van der Waals surface area (Å²) in [6.07, 6.45) is 5.29. The van der Waals surface area contributed by atoms with E-state index in [0.29, 0.717) is 52.8 Å². The molecule has 1 aliphatic heterocycles. The van der Waals surface area contributed by atoms with Crippen LogP contribution in [0.5, 0.6) is 11.5 Å². The first-order chi connectivity index (χ1) is 21.0. The minimum absolute atomic E-state index is 0.0369. The number of carbonyl (C=O) groups is 2. The predicted octanol–water partition coefficient (Wildman–Crippen LogP) is 5.35. The normalized spacial score (nSPS) is 18.3. The van der Waals surface area contributed by atoms with Gasteiger partial charge < -0.3 is 24.5 Å². The van der Waals surface area contributed by atoms with Crippen molar-refractivity contribution in [1.82, 2.24) is 14.9 Å². The van der Waals surface area contributed by atoms with Gasteiger partial charge in [-0.15, -0.1) is 0 Å². The van der Waals surface area contributed by atoms with Gasteiger partial charge in [-0.1, -0.05) is 30.8 Å². The van der Waals surface area contributed by atoms with Gasteiger partial charge in [0.05, 0.1) is 29.0 Å². The Hall–Kier alpha value is -4.25. The van der Waals surface area contributed by atoms with Crippen LogP contribution in [-0.2, 0) is 22.7 Å². The number of nitrogens with zero attached hydrogens (tertiary/aromatic N) is 2. The molecule has 224 valence electrons. The van der Waals surface area contributed by atoms with Crippen LogP contribution in [0.15, 0.2) is 75.2 Å². The molecule has 6 rings (SSSR count). The smallest absolute Gasteiger partial charge is 0.262 e. The summed E-state index contributed by atoms with van der Waals surface area (Å²) in [6.45, 7) is 2.97. The highest BCUT2D eigenvalue weighted by Gasteiger charge is 2.29. The van der Waals surface area contributed by atoms with Gasteiger partial charge >= 0.3 is 0 Å². The standard InChI is InChI=1S/C32H34N4O6S/c1-2-28(30(38)34-22-13-14-26-27(16-22)42-19-41-26)43-32-35-25-8-4-3-7-24(25)31(39)36(32)18-20-9-11-21(12-10-20)29(37)33-17-23-6-5-15-40-23/h3-8,13-16,20-21,28H,2,9-12,17-19H2,1H3,(H,33,37)(H,34,38). The number of aromatic nitrogens is 2. The van der Waals surface area contributed by atoms with Crippen molar-refractivity contribution in [3.05, 3.63) is 77.0 Å². The van der Waals surface area contributed by atoms with Crippen LogP contribution in [0.3, 0.4) is 0 Å². The molecule has 2 aromatic carbocycles. The largest absolute Gasteiger partial charge is 0.467 e. The first-order valence-electron chi connectivity index (χ1n) is 14.7. The maximum absolute atomic E-state index is 13.7. The summed E-state index contributed by atoms with van der Waals surface area (Å²) < 4.78 is 17.8. The van der Waals surface area contributed by atoms with Crippen molar-refractivity contribution >= 4 is 40.2 Å². The maximum Gasteiger partial charge on any atom is 0.262 e. The van der Waals surface area contributed by atoms with Crippen molar-refractivity contribution in [2.24, 2.45) is 11.8 Å². The molecule has 11 heteroatoms. The molecule has 2 amide bonds. The first-order valence-corrected chi connectivity index (χ1v) is 15.5. The summed E-state index contributed by atoms with van der Waals surface area (Å²) in [7, 11) is 0. The fraction of sp³-hybridized carbons (Fsp3) is 0.375. The number of ether oxygens (including phenoxy) is 2. The van der Waals surface area contributed by atoms with Gasteiger partial charge in [0.15, 0.2) is 16.7 Å². The second-order valence-electron chi connectivity index (χ2n) is 10.9. The van der Waals surface area contributed by atoms with Crippen molar-refractivity contribution in [2.45, 2.75) is 62.5 Å². The highest BCUT2D eigenvalue weighted by molar-refractivity contribution is 8.00. The number of hydrogen-bond donors (Lipinski definition) is 2. The summed E-state index contributed by atoms with van der Waals surface area (Å²) in [6, 6.07) is 16.2. The summed E-state index contributed by atoms with van der Waals surface area (Å²) in [5.41, 5.74) is 1.11. The fourth-order valence-corrected chi connectivity index (χ4v) is 6.67. The summed E-state index contributed by atoms with van der Waals surface area (Å²) >= 11 is 1.31. The number of hydrogen-bond acceptors (Lipinski definition) is 8. The average molecular weight is 603 g/mol. The zero-order valence-corrected chi connectivity index (χ0v) is 24.7. The van der Waals surface area contributed by atoms with Crippen LogP contribution in [0.2, 0.25) is 0 Å². The number of fused-ring (bicyclic) bond motifs is 2. The first kappa shape index (κ1) is 28.9. The number of carbonyl (C=O) groups excluding carboxylic acids is 2. The van der Waals surface area contributed by atoms with Gasteiger partial charge in [-0.05, 0) is 74.4 Å². The Bertz CT molecular complexity index is 1660. The molecule has 1 saturated carbocycles. The zero-order chi connectivity index (χ0) is 29.8. The lowest BCUT2D eigenvalue weighted by molar-refractivity contribution is -0.126. The molecule has 10 nitrogen and oxygen atoms in total. The number of amides is 2. The van der Waals surface area contributed by atoms with Gasteiger partial charge in [0.1, 0.15) is 5.76 Å². The van der Waals surface area contributed by atoms with E-state index in [1.165, 1.54) is 11.8 Å². The molecular formula is C32H34N4O6S. The minimum atomic E-state index is -0.474. The molecule has 0 spiro atoms. The van der Waals surface area contributed by atoms with Crippen LogP contribution in [0.25, 0.3) is 10.9 Å². The third kappa shape index (κ3) is 6.56. The highest BCUT2D eigenvalue weighted by atomic mass is 32.2. The molecular weight excluding hydrogens is 568 g/mol. The quantitative estimate of drug-likeness (QED) is 0.184. The van der Waals surface area contributed by atoms with E-state index >= 15 is 0 Å². The van der Waals surface area contributed by atoms with Crippen molar-refractivity contribution in [2.75, 3.05) is 12.1 Å². The molecule has 0 radical (unpaired) electrons. The van der Waals surface area contributed by atoms with Crippen LogP contribution in [0.4, 0.5) is 5.69 Å². The molecule has 4 aromatic rings. The van der Waals surface area contributed by atoms with Crippen molar-refractivity contribution in [3.8, 4) is 11.5 Å². The SMILES string of the molecule is CCC(Sc1nc2ccccc2c(=O)n1CC1CCC(C(=O)NCc2ccco2)CC1)C(=O)Nc1ccc2c(c1)OCO2. The second kappa shape index (κ2) is 12.9. The molecule has 0 bridgehead atoms. The van der Waals surface area contributed by atoms with Crippen LogP contribution >= 0.6 is 11.8 Å². The van der Waals surface area contributed by atoms with Crippen LogP contribution in [0, 0.1) is 11.8 Å². The van der Waals surface area contributed by atoms with Gasteiger partial charge in [-0.2, -0.15) is 0 Å². The summed E-state index contributed by atoms with van der Waals surface area (Å²) in [5.74, 6) is 1.98. The number of benzene rings is 2.